The Hall–Kier alpha value is -3.06. The second-order valence-corrected chi connectivity index (χ2v) is 6.38. The normalized spacial score (nSPS) is 11.2. The molecule has 7 heteroatoms. The van der Waals surface area contributed by atoms with Crippen molar-refractivity contribution in [1.29, 1.82) is 0 Å². The van der Waals surface area contributed by atoms with E-state index in [4.69, 9.17) is 0 Å². The van der Waals surface area contributed by atoms with Crippen LogP contribution >= 0.6 is 0 Å². The molecule has 0 aliphatic carbocycles. The molecule has 3 rings (SSSR count). The highest BCUT2D eigenvalue weighted by Crippen LogP contribution is 2.20. The first-order valence-electron chi connectivity index (χ1n) is 8.45. The van der Waals surface area contributed by atoms with E-state index >= 15 is 0 Å². The predicted molar refractivity (Wildman–Crippen MR) is 99.2 cm³/mol. The molecule has 0 spiro atoms. The van der Waals surface area contributed by atoms with E-state index in [0.717, 1.165) is 6.54 Å². The van der Waals surface area contributed by atoms with Crippen molar-refractivity contribution < 1.29 is 4.92 Å². The second kappa shape index (κ2) is 7.88. The maximum Gasteiger partial charge on any atom is 0.270 e. The molecule has 3 aromatic rings. The number of hydrogen-bond acceptors (Lipinski definition) is 5. The number of aromatic nitrogens is 3. The van der Waals surface area contributed by atoms with Crippen LogP contribution in [-0.4, -0.2) is 30.6 Å². The Morgan fingerprint density at radius 3 is 2.62 bits per heavy atom. The third-order valence-electron chi connectivity index (χ3n) is 4.14. The molecule has 0 bridgehead atoms. The van der Waals surface area contributed by atoms with Crippen LogP contribution in [0.3, 0.4) is 0 Å². The lowest BCUT2D eigenvalue weighted by molar-refractivity contribution is -0.384. The first-order chi connectivity index (χ1) is 12.5. The number of hydrogen-bond donors (Lipinski definition) is 0. The fraction of sp³-hybridized carbons (Fsp3) is 0.263. The van der Waals surface area contributed by atoms with E-state index in [1.807, 2.05) is 18.2 Å². The Morgan fingerprint density at radius 1 is 1.15 bits per heavy atom. The molecular formula is C19H21N5O2. The van der Waals surface area contributed by atoms with E-state index in [0.29, 0.717) is 24.1 Å². The van der Waals surface area contributed by atoms with Gasteiger partial charge in [0.25, 0.3) is 5.69 Å². The summed E-state index contributed by atoms with van der Waals surface area (Å²) in [5.74, 6) is 0.483. The van der Waals surface area contributed by atoms with Crippen molar-refractivity contribution in [2.45, 2.75) is 33.1 Å². The van der Waals surface area contributed by atoms with Crippen molar-refractivity contribution >= 4 is 5.69 Å². The van der Waals surface area contributed by atoms with Crippen molar-refractivity contribution in [3.8, 4) is 11.4 Å². The minimum atomic E-state index is -0.416. The molecule has 0 saturated carbocycles. The zero-order chi connectivity index (χ0) is 18.5. The van der Waals surface area contributed by atoms with Crippen LogP contribution in [0.2, 0.25) is 0 Å². The van der Waals surface area contributed by atoms with Gasteiger partial charge in [-0.25, -0.2) is 9.67 Å². The highest BCUT2D eigenvalue weighted by atomic mass is 16.6. The van der Waals surface area contributed by atoms with Gasteiger partial charge >= 0.3 is 0 Å². The Labute approximate surface area is 152 Å². The van der Waals surface area contributed by atoms with Gasteiger partial charge in [0.1, 0.15) is 6.33 Å². The van der Waals surface area contributed by atoms with Crippen LogP contribution < -0.4 is 0 Å². The third kappa shape index (κ3) is 4.31. The first-order valence-corrected chi connectivity index (χ1v) is 8.45. The van der Waals surface area contributed by atoms with Crippen LogP contribution in [0.4, 0.5) is 5.69 Å². The smallest absolute Gasteiger partial charge is 0.270 e. The highest BCUT2D eigenvalue weighted by Gasteiger charge is 2.14. The molecule has 0 N–H and O–H groups in total. The van der Waals surface area contributed by atoms with Gasteiger partial charge in [0.2, 0.25) is 0 Å². The molecule has 0 unspecified atom stereocenters. The molecule has 2 aromatic carbocycles. The fourth-order valence-electron chi connectivity index (χ4n) is 2.65. The van der Waals surface area contributed by atoms with Gasteiger partial charge < -0.3 is 0 Å². The molecular weight excluding hydrogens is 330 g/mol. The molecule has 0 aliphatic rings. The minimum absolute atomic E-state index is 0.0340. The highest BCUT2D eigenvalue weighted by molar-refractivity contribution is 5.58. The molecule has 134 valence electrons. The third-order valence-corrected chi connectivity index (χ3v) is 4.14. The van der Waals surface area contributed by atoms with Crippen molar-refractivity contribution in [3.05, 3.63) is 76.6 Å². The van der Waals surface area contributed by atoms with Gasteiger partial charge in [-0.1, -0.05) is 42.5 Å². The summed E-state index contributed by atoms with van der Waals surface area (Å²) in [6.07, 6.45) is 1.66. The Kier molecular flexibility index (Phi) is 5.38. The average Bonchev–Trinajstić information content (AvgIpc) is 3.11. The van der Waals surface area contributed by atoms with Crippen LogP contribution in [0.5, 0.6) is 0 Å². The topological polar surface area (TPSA) is 77.1 Å². The predicted octanol–water partition coefficient (Wildman–Crippen LogP) is 3.72. The van der Waals surface area contributed by atoms with Gasteiger partial charge in [-0.15, -0.1) is 5.10 Å². The number of benzene rings is 2. The summed E-state index contributed by atoms with van der Waals surface area (Å²) >= 11 is 0. The zero-order valence-electron chi connectivity index (χ0n) is 14.8. The summed E-state index contributed by atoms with van der Waals surface area (Å²) in [6, 6.07) is 17.0. The van der Waals surface area contributed by atoms with Gasteiger partial charge in [-0.05, 0) is 19.4 Å². The summed E-state index contributed by atoms with van der Waals surface area (Å²) in [6.45, 7) is 5.68. The van der Waals surface area contributed by atoms with Gasteiger partial charge in [-0.2, -0.15) is 0 Å². The lowest BCUT2D eigenvalue weighted by Gasteiger charge is -2.26. The lowest BCUT2D eigenvalue weighted by Crippen LogP contribution is -2.32. The van der Waals surface area contributed by atoms with E-state index < -0.39 is 4.92 Å². The molecule has 1 aromatic heterocycles. The number of nitro groups is 1. The van der Waals surface area contributed by atoms with E-state index in [-0.39, 0.29) is 5.69 Å². The largest absolute Gasteiger partial charge is 0.278 e. The van der Waals surface area contributed by atoms with Crippen LogP contribution in [0.15, 0.2) is 60.9 Å². The molecule has 0 fully saturated rings. The van der Waals surface area contributed by atoms with E-state index in [1.54, 1.807) is 23.1 Å². The summed E-state index contributed by atoms with van der Waals surface area (Å²) in [5.41, 5.74) is 1.91. The maximum atomic E-state index is 10.9. The first kappa shape index (κ1) is 17.8. The summed E-state index contributed by atoms with van der Waals surface area (Å²) in [4.78, 5) is 17.1. The molecule has 0 radical (unpaired) electrons. The maximum absolute atomic E-state index is 10.9. The van der Waals surface area contributed by atoms with Crippen LogP contribution in [0.1, 0.15) is 19.4 Å². The molecule has 0 atom stereocenters. The summed E-state index contributed by atoms with van der Waals surface area (Å²) < 4.78 is 1.76. The Balaban J connectivity index is 1.76. The van der Waals surface area contributed by atoms with E-state index in [9.17, 15) is 10.1 Å². The van der Waals surface area contributed by atoms with Crippen molar-refractivity contribution in [3.63, 3.8) is 0 Å². The Bertz CT molecular complexity index is 876. The summed E-state index contributed by atoms with van der Waals surface area (Å²) in [7, 11) is 0. The SMILES string of the molecule is CC(C)N(Cc1ccccc1)Cn1cnc(-c2cccc([N+](=O)[O-])c2)n1. The second-order valence-electron chi connectivity index (χ2n) is 6.38. The van der Waals surface area contributed by atoms with Crippen LogP contribution in [-0.2, 0) is 13.2 Å². The van der Waals surface area contributed by atoms with Gasteiger partial charge in [0, 0.05) is 30.3 Å². The van der Waals surface area contributed by atoms with Crippen molar-refractivity contribution in [2.75, 3.05) is 0 Å². The molecule has 1 heterocycles. The van der Waals surface area contributed by atoms with Crippen LogP contribution in [0, 0.1) is 10.1 Å². The zero-order valence-corrected chi connectivity index (χ0v) is 14.8. The number of rotatable bonds is 7. The molecule has 26 heavy (non-hydrogen) atoms. The van der Waals surface area contributed by atoms with Gasteiger partial charge in [-0.3, -0.25) is 15.0 Å². The quantitative estimate of drug-likeness (QED) is 0.479. The van der Waals surface area contributed by atoms with Crippen LogP contribution in [0.25, 0.3) is 11.4 Å². The molecule has 0 aliphatic heterocycles. The van der Waals surface area contributed by atoms with Crippen molar-refractivity contribution in [1.82, 2.24) is 19.7 Å². The van der Waals surface area contributed by atoms with E-state index in [1.165, 1.54) is 17.7 Å². The summed E-state index contributed by atoms with van der Waals surface area (Å²) in [5, 5.41) is 15.4. The average molecular weight is 351 g/mol. The standard InChI is InChI=1S/C19H21N5O2/c1-15(2)22(12-16-7-4-3-5-8-16)14-23-13-20-19(21-23)17-9-6-10-18(11-17)24(25)26/h3-11,13,15H,12,14H2,1-2H3. The van der Waals surface area contributed by atoms with Crippen molar-refractivity contribution in [2.24, 2.45) is 0 Å². The Morgan fingerprint density at radius 2 is 1.92 bits per heavy atom. The number of nitrogens with zero attached hydrogens (tertiary/aromatic N) is 5. The lowest BCUT2D eigenvalue weighted by atomic mass is 10.2. The molecule has 0 amide bonds. The molecule has 0 saturated heterocycles. The van der Waals surface area contributed by atoms with E-state index in [2.05, 4.69) is 41.0 Å². The fourth-order valence-corrected chi connectivity index (χ4v) is 2.65. The number of non-ortho nitro benzene ring substituents is 1. The number of nitro benzene ring substituents is 1. The van der Waals surface area contributed by atoms with Gasteiger partial charge in [0.15, 0.2) is 5.82 Å². The van der Waals surface area contributed by atoms with Gasteiger partial charge in [0.05, 0.1) is 11.6 Å². The minimum Gasteiger partial charge on any atom is -0.278 e. The molecule has 7 nitrogen and oxygen atoms in total. The monoisotopic (exact) mass is 351 g/mol.